The van der Waals surface area contributed by atoms with Gasteiger partial charge in [-0.05, 0) is 6.92 Å². The lowest BCUT2D eigenvalue weighted by molar-refractivity contribution is -0.517. The molecule has 58 valence electrons. The first-order chi connectivity index (χ1) is 5.14. The monoisotopic (exact) mass is 154 g/mol. The lowest BCUT2D eigenvalue weighted by Gasteiger charge is -2.06. The zero-order valence-corrected chi connectivity index (χ0v) is 5.85. The van der Waals surface area contributed by atoms with Gasteiger partial charge in [-0.25, -0.2) is 4.99 Å². The molecule has 5 heteroatoms. The lowest BCUT2D eigenvalue weighted by atomic mass is 10.0. The van der Waals surface area contributed by atoms with Gasteiger partial charge in [0, 0.05) is 17.2 Å². The van der Waals surface area contributed by atoms with E-state index in [1.54, 1.807) is 6.92 Å². The summed E-state index contributed by atoms with van der Waals surface area (Å²) in [4.78, 5) is 13.9. The molecule has 1 saturated heterocycles. The highest BCUT2D eigenvalue weighted by Gasteiger charge is 2.63. The Morgan fingerprint density at radius 1 is 1.91 bits per heavy atom. The Morgan fingerprint density at radius 3 is 3.18 bits per heavy atom. The predicted molar refractivity (Wildman–Crippen MR) is 36.8 cm³/mol. The molecule has 2 unspecified atom stereocenters. The van der Waals surface area contributed by atoms with Gasteiger partial charge in [-0.2, -0.15) is 0 Å². The van der Waals surface area contributed by atoms with Crippen molar-refractivity contribution in [3.05, 3.63) is 22.4 Å². The zero-order chi connectivity index (χ0) is 8.06. The van der Waals surface area contributed by atoms with Gasteiger partial charge in [-0.3, -0.25) is 10.1 Å². The van der Waals surface area contributed by atoms with Crippen LogP contribution in [0.5, 0.6) is 0 Å². The van der Waals surface area contributed by atoms with Gasteiger partial charge in [0.05, 0.1) is 0 Å². The van der Waals surface area contributed by atoms with E-state index in [2.05, 4.69) is 4.99 Å². The molecule has 0 amide bonds. The van der Waals surface area contributed by atoms with Gasteiger partial charge in [0.15, 0.2) is 0 Å². The molecule has 0 N–H and O–H groups in total. The largest absolute Gasteiger partial charge is 0.453 e. The summed E-state index contributed by atoms with van der Waals surface area (Å²) in [5.74, 6) is 0.474. The molecule has 0 aromatic carbocycles. The number of nitrogens with zero attached hydrogens (tertiary/aromatic N) is 2. The van der Waals surface area contributed by atoms with Gasteiger partial charge < -0.3 is 4.74 Å². The highest BCUT2D eigenvalue weighted by molar-refractivity contribution is 5.99. The van der Waals surface area contributed by atoms with E-state index < -0.39 is 11.6 Å². The van der Waals surface area contributed by atoms with Crippen molar-refractivity contribution < 1.29 is 9.66 Å². The third-order valence-corrected chi connectivity index (χ3v) is 1.94. The second-order valence-electron chi connectivity index (χ2n) is 2.72. The average molecular weight is 154 g/mol. The predicted octanol–water partition coefficient (Wildman–Crippen LogP) is 0.346. The Hall–Kier alpha value is -1.39. The molecule has 0 aromatic heterocycles. The number of fused-ring (bicyclic) bond motifs is 1. The second-order valence-corrected chi connectivity index (χ2v) is 2.72. The van der Waals surface area contributed by atoms with Crippen LogP contribution < -0.4 is 0 Å². The van der Waals surface area contributed by atoms with Crippen LogP contribution >= 0.6 is 0 Å². The van der Waals surface area contributed by atoms with Crippen LogP contribution in [-0.4, -0.2) is 22.5 Å². The molecule has 0 spiro atoms. The number of epoxide rings is 1. The Labute approximate surface area is 62.5 Å². The fourth-order valence-electron chi connectivity index (χ4n) is 1.16. The fraction of sp³-hybridized carbons (Fsp3) is 0.500. The van der Waals surface area contributed by atoms with Gasteiger partial charge in [0.25, 0.3) is 11.6 Å². The van der Waals surface area contributed by atoms with Gasteiger partial charge in [0.1, 0.15) is 0 Å². The van der Waals surface area contributed by atoms with E-state index in [4.69, 9.17) is 4.74 Å². The molecule has 0 bridgehead atoms. The van der Waals surface area contributed by atoms with Crippen molar-refractivity contribution in [2.45, 2.75) is 18.6 Å². The van der Waals surface area contributed by atoms with Crippen LogP contribution in [0.1, 0.15) is 6.92 Å². The molecule has 0 radical (unpaired) electrons. The zero-order valence-electron chi connectivity index (χ0n) is 5.85. The van der Waals surface area contributed by atoms with Crippen molar-refractivity contribution in [2.24, 2.45) is 4.99 Å². The van der Waals surface area contributed by atoms with Gasteiger partial charge in [-0.1, -0.05) is 0 Å². The highest BCUT2D eigenvalue weighted by Crippen LogP contribution is 2.38. The maximum absolute atomic E-state index is 10.4. The van der Waals surface area contributed by atoms with E-state index in [1.165, 1.54) is 12.3 Å². The number of aliphatic imine (C=N–C) groups is 1. The summed E-state index contributed by atoms with van der Waals surface area (Å²) >= 11 is 0. The van der Waals surface area contributed by atoms with E-state index in [9.17, 15) is 10.1 Å². The number of ether oxygens (including phenoxy) is 1. The van der Waals surface area contributed by atoms with E-state index in [0.29, 0.717) is 5.90 Å². The van der Waals surface area contributed by atoms with E-state index in [1.807, 2.05) is 0 Å². The molecular weight excluding hydrogens is 148 g/mol. The summed E-state index contributed by atoms with van der Waals surface area (Å²) < 4.78 is 4.99. The first kappa shape index (κ1) is 6.33. The summed E-state index contributed by atoms with van der Waals surface area (Å²) in [5, 5.41) is 10.4. The Morgan fingerprint density at radius 2 is 2.64 bits per heavy atom. The van der Waals surface area contributed by atoms with Crippen LogP contribution in [0, 0.1) is 10.1 Å². The fourth-order valence-corrected chi connectivity index (χ4v) is 1.16. The molecule has 2 aliphatic heterocycles. The summed E-state index contributed by atoms with van der Waals surface area (Å²) in [7, 11) is 0. The van der Waals surface area contributed by atoms with Gasteiger partial charge in [0.2, 0.25) is 5.90 Å². The van der Waals surface area contributed by atoms with E-state index in [-0.39, 0.29) is 4.92 Å². The Kier molecular flexibility index (Phi) is 0.925. The van der Waals surface area contributed by atoms with Crippen molar-refractivity contribution in [1.82, 2.24) is 0 Å². The minimum Gasteiger partial charge on any atom is -0.453 e. The van der Waals surface area contributed by atoms with Crippen molar-refractivity contribution >= 4 is 5.90 Å². The quantitative estimate of drug-likeness (QED) is 0.311. The molecule has 11 heavy (non-hydrogen) atoms. The molecule has 2 rings (SSSR count). The van der Waals surface area contributed by atoms with Crippen LogP contribution in [-0.2, 0) is 4.74 Å². The first-order valence-electron chi connectivity index (χ1n) is 3.22. The maximum Gasteiger partial charge on any atom is 0.280 e. The normalized spacial score (nSPS) is 38.6. The third-order valence-electron chi connectivity index (χ3n) is 1.94. The molecule has 0 aliphatic carbocycles. The van der Waals surface area contributed by atoms with Crippen LogP contribution in [0.2, 0.25) is 0 Å². The van der Waals surface area contributed by atoms with E-state index >= 15 is 0 Å². The topological polar surface area (TPSA) is 68.0 Å². The SMILES string of the molecule is CC12OC1=NC=CC2[N+](=O)[O-]. The standard InChI is InChI=1S/C6H6N2O3/c1-6-4(8(9)10)2-3-7-5(6)11-6/h2-4H,1H3. The number of rotatable bonds is 1. The van der Waals surface area contributed by atoms with Crippen LogP contribution in [0.3, 0.4) is 0 Å². The summed E-state index contributed by atoms with van der Waals surface area (Å²) in [6.07, 6.45) is 2.86. The first-order valence-corrected chi connectivity index (χ1v) is 3.22. The van der Waals surface area contributed by atoms with Crippen molar-refractivity contribution in [1.29, 1.82) is 0 Å². The average Bonchev–Trinajstić information content (AvgIpc) is 2.58. The van der Waals surface area contributed by atoms with Crippen LogP contribution in [0.4, 0.5) is 0 Å². The van der Waals surface area contributed by atoms with Crippen molar-refractivity contribution in [2.75, 3.05) is 0 Å². The third kappa shape index (κ3) is 0.675. The second kappa shape index (κ2) is 1.61. The van der Waals surface area contributed by atoms with Gasteiger partial charge >= 0.3 is 0 Å². The molecule has 2 atom stereocenters. The highest BCUT2D eigenvalue weighted by atomic mass is 16.7. The molecule has 2 aliphatic rings. The number of hydrogen-bond donors (Lipinski definition) is 0. The Bertz CT molecular complexity index is 284. The molecular formula is C6H6N2O3. The Balaban J connectivity index is 2.32. The molecule has 0 saturated carbocycles. The molecule has 1 fully saturated rings. The molecule has 2 heterocycles. The minimum absolute atomic E-state index is 0.363. The lowest BCUT2D eigenvalue weighted by Crippen LogP contribution is -2.34. The minimum atomic E-state index is -0.769. The smallest absolute Gasteiger partial charge is 0.280 e. The summed E-state index contributed by atoms with van der Waals surface area (Å²) in [6.45, 7) is 1.67. The van der Waals surface area contributed by atoms with E-state index in [0.717, 1.165) is 0 Å². The molecule has 0 aromatic rings. The number of nitro groups is 1. The summed E-state index contributed by atoms with van der Waals surface area (Å²) in [6, 6.07) is -0.769. The summed E-state index contributed by atoms with van der Waals surface area (Å²) in [5.41, 5.74) is -0.752. The number of hydrogen-bond acceptors (Lipinski definition) is 4. The maximum atomic E-state index is 10.4. The van der Waals surface area contributed by atoms with Crippen LogP contribution in [0.25, 0.3) is 0 Å². The molecule has 5 nitrogen and oxygen atoms in total. The van der Waals surface area contributed by atoms with Crippen molar-refractivity contribution in [3.63, 3.8) is 0 Å². The van der Waals surface area contributed by atoms with Crippen molar-refractivity contribution in [3.8, 4) is 0 Å². The van der Waals surface area contributed by atoms with Crippen LogP contribution in [0.15, 0.2) is 17.3 Å². The van der Waals surface area contributed by atoms with Gasteiger partial charge in [-0.15, -0.1) is 0 Å².